The summed E-state index contributed by atoms with van der Waals surface area (Å²) < 4.78 is 0. The molecule has 3 aromatic carbocycles. The minimum atomic E-state index is -0.324. The number of fused-ring (bicyclic) bond motifs is 1. The van der Waals surface area contributed by atoms with E-state index in [9.17, 15) is 14.7 Å². The van der Waals surface area contributed by atoms with E-state index in [0.717, 1.165) is 27.5 Å². The highest BCUT2D eigenvalue weighted by Crippen LogP contribution is 2.37. The van der Waals surface area contributed by atoms with Crippen molar-refractivity contribution in [2.75, 3.05) is 4.90 Å². The fourth-order valence-electron chi connectivity index (χ4n) is 3.51. The second kappa shape index (κ2) is 6.78. The van der Waals surface area contributed by atoms with E-state index >= 15 is 0 Å². The molecule has 1 saturated heterocycles. The smallest absolute Gasteiger partial charge is 0.298 e. The van der Waals surface area contributed by atoms with Gasteiger partial charge in [-0.2, -0.15) is 0 Å². The van der Waals surface area contributed by atoms with Crippen LogP contribution in [0.3, 0.4) is 0 Å². The van der Waals surface area contributed by atoms with Crippen LogP contribution in [0.15, 0.2) is 66.9 Å². The normalized spacial score (nSPS) is 14.9. The van der Waals surface area contributed by atoms with Gasteiger partial charge in [0.25, 0.3) is 5.24 Å². The zero-order valence-electron chi connectivity index (χ0n) is 16.5. The number of phenolic OH excluding ortho intramolecular Hbond substituents is 1. The third-order valence-electron chi connectivity index (χ3n) is 5.09. The first-order chi connectivity index (χ1) is 13.6. The van der Waals surface area contributed by atoms with Crippen molar-refractivity contribution in [3.05, 3.63) is 72.4 Å². The molecule has 0 atom stereocenters. The van der Waals surface area contributed by atoms with E-state index in [1.807, 2.05) is 42.5 Å². The van der Waals surface area contributed by atoms with Crippen LogP contribution in [0.4, 0.5) is 10.5 Å². The van der Waals surface area contributed by atoms with Gasteiger partial charge in [-0.3, -0.25) is 14.5 Å². The number of hydrogen-bond acceptors (Lipinski definition) is 4. The molecular weight excluding hydrogens is 382 g/mol. The van der Waals surface area contributed by atoms with Gasteiger partial charge >= 0.3 is 0 Å². The summed E-state index contributed by atoms with van der Waals surface area (Å²) in [6, 6.07) is 17.4. The minimum Gasteiger partial charge on any atom is -0.508 e. The van der Waals surface area contributed by atoms with E-state index in [0.29, 0.717) is 23.2 Å². The van der Waals surface area contributed by atoms with Crippen LogP contribution in [0.1, 0.15) is 26.3 Å². The Kier molecular flexibility index (Phi) is 4.50. The zero-order chi connectivity index (χ0) is 20.9. The number of thioether (sulfide) groups is 1. The lowest BCUT2D eigenvalue weighted by Crippen LogP contribution is -2.20. The van der Waals surface area contributed by atoms with Crippen molar-refractivity contribution in [1.82, 2.24) is 0 Å². The fourth-order valence-corrected chi connectivity index (χ4v) is 4.19. The van der Waals surface area contributed by atoms with Gasteiger partial charge in [0.15, 0.2) is 0 Å². The lowest BCUT2D eigenvalue weighted by Gasteiger charge is -2.21. The Morgan fingerprint density at radius 2 is 1.52 bits per heavy atom. The molecule has 1 N–H and O–H groups in total. The molecule has 1 fully saturated rings. The van der Waals surface area contributed by atoms with Crippen molar-refractivity contribution in [3.63, 3.8) is 0 Å². The maximum Gasteiger partial charge on any atom is 0.298 e. The maximum absolute atomic E-state index is 12.1. The molecule has 5 heteroatoms. The lowest BCUT2D eigenvalue weighted by molar-refractivity contribution is -0.107. The number of amides is 1. The summed E-state index contributed by atoms with van der Waals surface area (Å²) in [6.07, 6.45) is 0. The van der Waals surface area contributed by atoms with E-state index in [1.165, 1.54) is 4.90 Å². The summed E-state index contributed by atoms with van der Waals surface area (Å²) in [5.74, 6) is 0.301. The molecule has 0 spiro atoms. The van der Waals surface area contributed by atoms with Crippen LogP contribution in [0.5, 0.6) is 5.75 Å². The standard InChI is InChI=1S/C24H21NO3S/c1-14-22(27)29-23(28)25(14)19-9-7-16-11-15(5-6-17(16)12-19)18-8-10-21(26)20(13-18)24(2,3)4/h5-13,26H,1H2,2-4H3. The molecular formula is C24H21NO3S. The first-order valence-corrected chi connectivity index (χ1v) is 10.1. The molecule has 0 radical (unpaired) electrons. The number of anilines is 1. The molecule has 0 unspecified atom stereocenters. The molecule has 0 saturated carbocycles. The Hall–Kier alpha value is -3.05. The molecule has 1 aliphatic rings. The lowest BCUT2D eigenvalue weighted by atomic mass is 9.84. The SMILES string of the molecule is C=C1C(=O)SC(=O)N1c1ccc2cc(-c3ccc(O)c(C(C)(C)C)c3)ccc2c1. The average molecular weight is 404 g/mol. The van der Waals surface area contributed by atoms with E-state index in [4.69, 9.17) is 0 Å². The Bertz CT molecular complexity index is 1190. The second-order valence-corrected chi connectivity index (χ2v) is 9.09. The quantitative estimate of drug-likeness (QED) is 0.516. The molecule has 0 aliphatic carbocycles. The summed E-state index contributed by atoms with van der Waals surface area (Å²) in [6.45, 7) is 9.95. The van der Waals surface area contributed by atoms with Gasteiger partial charge in [0, 0.05) is 11.8 Å². The summed E-state index contributed by atoms with van der Waals surface area (Å²) in [7, 11) is 0. The van der Waals surface area contributed by atoms with Gasteiger partial charge < -0.3 is 5.11 Å². The number of aromatic hydroxyl groups is 1. The van der Waals surface area contributed by atoms with E-state index < -0.39 is 0 Å². The van der Waals surface area contributed by atoms with Gasteiger partial charge in [0.05, 0.1) is 11.4 Å². The molecule has 146 valence electrons. The van der Waals surface area contributed by atoms with Gasteiger partial charge in [-0.25, -0.2) is 0 Å². The number of nitrogens with zero attached hydrogens (tertiary/aromatic N) is 1. The highest BCUT2D eigenvalue weighted by molar-refractivity contribution is 8.27. The number of rotatable bonds is 2. The number of benzene rings is 3. The Balaban J connectivity index is 1.74. The van der Waals surface area contributed by atoms with E-state index in [2.05, 4.69) is 33.4 Å². The summed E-state index contributed by atoms with van der Waals surface area (Å²) >= 11 is 0.669. The van der Waals surface area contributed by atoms with Crippen LogP contribution in [0.2, 0.25) is 0 Å². The van der Waals surface area contributed by atoms with Crippen molar-refractivity contribution >= 4 is 38.6 Å². The Morgan fingerprint density at radius 1 is 0.897 bits per heavy atom. The molecule has 1 heterocycles. The number of hydrogen-bond donors (Lipinski definition) is 1. The number of carbonyl (C=O) groups excluding carboxylic acids is 2. The summed E-state index contributed by atoms with van der Waals surface area (Å²) in [5, 5.41) is 11.6. The molecule has 0 aromatic heterocycles. The number of phenols is 1. The van der Waals surface area contributed by atoms with Crippen LogP contribution in [0.25, 0.3) is 21.9 Å². The van der Waals surface area contributed by atoms with Gasteiger partial charge in [-0.15, -0.1) is 0 Å². The van der Waals surface area contributed by atoms with Crippen molar-refractivity contribution in [1.29, 1.82) is 0 Å². The first-order valence-electron chi connectivity index (χ1n) is 9.28. The average Bonchev–Trinajstić information content (AvgIpc) is 2.92. The van der Waals surface area contributed by atoms with Crippen LogP contribution in [-0.4, -0.2) is 15.5 Å². The molecule has 3 aromatic rings. The minimum absolute atomic E-state index is 0.161. The second-order valence-electron chi connectivity index (χ2n) is 8.17. The third-order valence-corrected chi connectivity index (χ3v) is 5.87. The van der Waals surface area contributed by atoms with Crippen LogP contribution in [-0.2, 0) is 10.2 Å². The molecule has 1 amide bonds. The largest absolute Gasteiger partial charge is 0.508 e. The zero-order valence-corrected chi connectivity index (χ0v) is 17.3. The highest BCUT2D eigenvalue weighted by atomic mass is 32.2. The van der Waals surface area contributed by atoms with Crippen molar-refractivity contribution in [2.45, 2.75) is 26.2 Å². The molecule has 0 bridgehead atoms. The predicted molar refractivity (Wildman–Crippen MR) is 119 cm³/mol. The van der Waals surface area contributed by atoms with Crippen molar-refractivity contribution in [2.24, 2.45) is 0 Å². The fraction of sp³-hybridized carbons (Fsp3) is 0.167. The van der Waals surface area contributed by atoms with Crippen LogP contribution in [0, 0.1) is 0 Å². The highest BCUT2D eigenvalue weighted by Gasteiger charge is 2.34. The van der Waals surface area contributed by atoms with Crippen molar-refractivity contribution < 1.29 is 14.7 Å². The summed E-state index contributed by atoms with van der Waals surface area (Å²) in [5.41, 5.74) is 3.64. The number of carbonyl (C=O) groups is 2. The van der Waals surface area contributed by atoms with Gasteiger partial charge in [0.1, 0.15) is 5.75 Å². The van der Waals surface area contributed by atoms with Crippen LogP contribution < -0.4 is 4.90 Å². The monoisotopic (exact) mass is 403 g/mol. The van der Waals surface area contributed by atoms with Gasteiger partial charge in [0.2, 0.25) is 5.12 Å². The van der Waals surface area contributed by atoms with Crippen LogP contribution >= 0.6 is 11.8 Å². The van der Waals surface area contributed by atoms with Crippen molar-refractivity contribution in [3.8, 4) is 16.9 Å². The molecule has 29 heavy (non-hydrogen) atoms. The Labute approximate surface area is 173 Å². The molecule has 1 aliphatic heterocycles. The first kappa shape index (κ1) is 19.3. The predicted octanol–water partition coefficient (Wildman–Crippen LogP) is 6.22. The van der Waals surface area contributed by atoms with Gasteiger partial charge in [-0.05, 0) is 63.2 Å². The summed E-state index contributed by atoms with van der Waals surface area (Å²) in [4.78, 5) is 25.2. The van der Waals surface area contributed by atoms with E-state index in [-0.39, 0.29) is 21.5 Å². The maximum atomic E-state index is 12.1. The topological polar surface area (TPSA) is 57.6 Å². The van der Waals surface area contributed by atoms with E-state index in [1.54, 1.807) is 6.07 Å². The Morgan fingerprint density at radius 3 is 2.17 bits per heavy atom. The molecule has 4 rings (SSSR count). The van der Waals surface area contributed by atoms with Gasteiger partial charge in [-0.1, -0.05) is 51.6 Å². The third kappa shape index (κ3) is 3.42. The molecule has 4 nitrogen and oxygen atoms in total.